The molecule has 0 amide bonds. The maximum atomic E-state index is 12.7. The number of carbonyl (C=O) groups excluding carboxylic acids is 1. The first-order valence-corrected chi connectivity index (χ1v) is 9.21. The molecule has 0 saturated heterocycles. The van der Waals surface area contributed by atoms with Crippen LogP contribution < -0.4 is 10.1 Å². The SMILES string of the molecule is CCCOc1ccc(Br)cc1[C@@H]1C(C(=O)OCC)=C(C)Nc2nnnn21. The summed E-state index contributed by atoms with van der Waals surface area (Å²) in [6, 6.07) is 5.14. The Hall–Kier alpha value is -2.42. The number of halogens is 1. The first kappa shape index (κ1) is 18.4. The summed E-state index contributed by atoms with van der Waals surface area (Å²) in [5.41, 5.74) is 1.88. The number of nitrogens with zero attached hydrogens (tertiary/aromatic N) is 4. The second kappa shape index (κ2) is 7.86. The number of carbonyl (C=O) groups is 1. The van der Waals surface area contributed by atoms with Gasteiger partial charge in [-0.05, 0) is 48.9 Å². The van der Waals surface area contributed by atoms with Gasteiger partial charge in [0.1, 0.15) is 11.8 Å². The highest BCUT2D eigenvalue weighted by Crippen LogP contribution is 2.40. The zero-order valence-electron chi connectivity index (χ0n) is 14.8. The quantitative estimate of drug-likeness (QED) is 0.716. The molecule has 0 fully saturated rings. The van der Waals surface area contributed by atoms with E-state index < -0.39 is 12.0 Å². The van der Waals surface area contributed by atoms with Crippen molar-refractivity contribution >= 4 is 27.8 Å². The lowest BCUT2D eigenvalue weighted by Crippen LogP contribution is -2.30. The van der Waals surface area contributed by atoms with Crippen molar-refractivity contribution in [3.8, 4) is 5.75 Å². The second-order valence-corrected chi connectivity index (χ2v) is 6.68. The van der Waals surface area contributed by atoms with Gasteiger partial charge in [-0.1, -0.05) is 28.0 Å². The number of nitrogens with one attached hydrogen (secondary N) is 1. The molecule has 0 aliphatic carbocycles. The first-order valence-electron chi connectivity index (χ1n) is 8.41. The van der Waals surface area contributed by atoms with Crippen molar-refractivity contribution in [3.05, 3.63) is 39.5 Å². The third-order valence-corrected chi connectivity index (χ3v) is 4.43. The molecular formula is C17H20BrN5O3. The predicted octanol–water partition coefficient (Wildman–Crippen LogP) is 3.08. The summed E-state index contributed by atoms with van der Waals surface area (Å²) in [7, 11) is 0. The number of allylic oxidation sites excluding steroid dienone is 1. The maximum Gasteiger partial charge on any atom is 0.338 e. The standard InChI is InChI=1S/C17H20BrN5O3/c1-4-8-26-13-7-6-11(18)9-12(13)15-14(16(24)25-5-2)10(3)19-17-20-21-22-23(15)17/h6-7,9,15H,4-5,8H2,1-3H3,(H,19,20,22)/t15-/m1/s1. The minimum atomic E-state index is -0.551. The Labute approximate surface area is 159 Å². The van der Waals surface area contributed by atoms with Gasteiger partial charge in [-0.2, -0.15) is 4.68 Å². The molecule has 0 spiro atoms. The predicted molar refractivity (Wildman–Crippen MR) is 98.8 cm³/mol. The van der Waals surface area contributed by atoms with Crippen LogP contribution in [-0.2, 0) is 9.53 Å². The molecule has 3 rings (SSSR count). The van der Waals surface area contributed by atoms with Crippen LogP contribution >= 0.6 is 15.9 Å². The van der Waals surface area contributed by atoms with Gasteiger partial charge in [-0.25, -0.2) is 4.79 Å². The van der Waals surface area contributed by atoms with E-state index in [1.165, 1.54) is 0 Å². The molecule has 9 heteroatoms. The number of ether oxygens (including phenoxy) is 2. The number of tetrazole rings is 1. The fourth-order valence-electron chi connectivity index (χ4n) is 2.85. The van der Waals surface area contributed by atoms with E-state index in [1.54, 1.807) is 11.6 Å². The van der Waals surface area contributed by atoms with Crippen LogP contribution in [0.4, 0.5) is 5.95 Å². The van der Waals surface area contributed by atoms with Gasteiger partial charge >= 0.3 is 5.97 Å². The molecule has 8 nitrogen and oxygen atoms in total. The van der Waals surface area contributed by atoms with Crippen LogP contribution in [0.2, 0.25) is 0 Å². The van der Waals surface area contributed by atoms with E-state index in [9.17, 15) is 4.79 Å². The lowest BCUT2D eigenvalue weighted by molar-refractivity contribution is -0.139. The van der Waals surface area contributed by atoms with E-state index in [-0.39, 0.29) is 6.61 Å². The first-order chi connectivity index (χ1) is 12.6. The van der Waals surface area contributed by atoms with Gasteiger partial charge in [0.05, 0.1) is 18.8 Å². The van der Waals surface area contributed by atoms with Crippen molar-refractivity contribution in [1.29, 1.82) is 0 Å². The fraction of sp³-hybridized carbons (Fsp3) is 0.412. The van der Waals surface area contributed by atoms with Crippen molar-refractivity contribution in [2.75, 3.05) is 18.5 Å². The van der Waals surface area contributed by atoms with Gasteiger partial charge in [0.25, 0.3) is 0 Å². The summed E-state index contributed by atoms with van der Waals surface area (Å²) >= 11 is 3.50. The van der Waals surface area contributed by atoms with E-state index in [2.05, 4.69) is 36.8 Å². The summed E-state index contributed by atoms with van der Waals surface area (Å²) in [6.07, 6.45) is 0.872. The van der Waals surface area contributed by atoms with Crippen LogP contribution in [0.15, 0.2) is 33.9 Å². The van der Waals surface area contributed by atoms with Gasteiger partial charge in [0.15, 0.2) is 0 Å². The molecule has 1 aliphatic heterocycles. The molecule has 1 atom stereocenters. The number of anilines is 1. The Bertz CT molecular complexity index is 849. The third kappa shape index (κ3) is 3.44. The van der Waals surface area contributed by atoms with Crippen LogP contribution in [0.3, 0.4) is 0 Å². The molecule has 26 heavy (non-hydrogen) atoms. The van der Waals surface area contributed by atoms with Crippen molar-refractivity contribution in [2.45, 2.75) is 33.2 Å². The topological polar surface area (TPSA) is 91.2 Å². The highest BCUT2D eigenvalue weighted by Gasteiger charge is 2.36. The van der Waals surface area contributed by atoms with Crippen molar-refractivity contribution in [3.63, 3.8) is 0 Å². The van der Waals surface area contributed by atoms with Crippen LogP contribution in [0, 0.1) is 0 Å². The number of aromatic nitrogens is 4. The average molecular weight is 422 g/mol. The second-order valence-electron chi connectivity index (χ2n) is 5.76. The molecular weight excluding hydrogens is 402 g/mol. The number of hydrogen-bond acceptors (Lipinski definition) is 7. The molecule has 0 saturated carbocycles. The highest BCUT2D eigenvalue weighted by molar-refractivity contribution is 9.10. The Morgan fingerprint density at radius 3 is 2.92 bits per heavy atom. The van der Waals surface area contributed by atoms with Gasteiger partial charge < -0.3 is 14.8 Å². The number of benzene rings is 1. The van der Waals surface area contributed by atoms with Crippen molar-refractivity contribution < 1.29 is 14.3 Å². The summed E-state index contributed by atoms with van der Waals surface area (Å²) in [5.74, 6) is 0.727. The molecule has 0 radical (unpaired) electrons. The Balaban J connectivity index is 2.17. The van der Waals surface area contributed by atoms with E-state index in [0.717, 1.165) is 16.5 Å². The van der Waals surface area contributed by atoms with Gasteiger partial charge in [0, 0.05) is 15.7 Å². The molecule has 2 heterocycles. The molecule has 138 valence electrons. The number of rotatable bonds is 6. The fourth-order valence-corrected chi connectivity index (χ4v) is 3.23. The third-order valence-electron chi connectivity index (χ3n) is 3.94. The molecule has 2 aromatic rings. The number of esters is 1. The Morgan fingerprint density at radius 1 is 1.38 bits per heavy atom. The van der Waals surface area contributed by atoms with Crippen LogP contribution in [0.1, 0.15) is 38.8 Å². The van der Waals surface area contributed by atoms with E-state index in [4.69, 9.17) is 9.47 Å². The molecule has 1 aromatic heterocycles. The van der Waals surface area contributed by atoms with Gasteiger partial charge in [-0.3, -0.25) is 0 Å². The Morgan fingerprint density at radius 2 is 2.19 bits per heavy atom. The summed E-state index contributed by atoms with van der Waals surface area (Å²) < 4.78 is 13.6. The largest absolute Gasteiger partial charge is 0.493 e. The minimum absolute atomic E-state index is 0.280. The van der Waals surface area contributed by atoms with E-state index in [0.29, 0.717) is 29.6 Å². The van der Waals surface area contributed by atoms with Gasteiger partial charge in [0.2, 0.25) is 5.95 Å². The molecule has 1 aromatic carbocycles. The smallest absolute Gasteiger partial charge is 0.338 e. The molecule has 0 bridgehead atoms. The highest BCUT2D eigenvalue weighted by atomic mass is 79.9. The van der Waals surface area contributed by atoms with Crippen LogP contribution in [-0.4, -0.2) is 39.4 Å². The molecule has 1 N–H and O–H groups in total. The number of fused-ring (bicyclic) bond motifs is 1. The molecule has 0 unspecified atom stereocenters. The zero-order valence-corrected chi connectivity index (χ0v) is 16.4. The molecule has 1 aliphatic rings. The summed E-state index contributed by atoms with van der Waals surface area (Å²) in [6.45, 7) is 6.47. The van der Waals surface area contributed by atoms with E-state index >= 15 is 0 Å². The average Bonchev–Trinajstić information content (AvgIpc) is 3.07. The van der Waals surface area contributed by atoms with Crippen LogP contribution in [0.25, 0.3) is 0 Å². The van der Waals surface area contributed by atoms with E-state index in [1.807, 2.05) is 32.0 Å². The normalized spacial score (nSPS) is 16.1. The summed E-state index contributed by atoms with van der Waals surface area (Å²) in [5, 5.41) is 14.9. The zero-order chi connectivity index (χ0) is 18.7. The minimum Gasteiger partial charge on any atom is -0.493 e. The maximum absolute atomic E-state index is 12.7. The number of hydrogen-bond donors (Lipinski definition) is 1. The van der Waals surface area contributed by atoms with Gasteiger partial charge in [-0.15, -0.1) is 0 Å². The van der Waals surface area contributed by atoms with Crippen molar-refractivity contribution in [2.24, 2.45) is 0 Å². The monoisotopic (exact) mass is 421 g/mol. The summed E-state index contributed by atoms with van der Waals surface area (Å²) in [4.78, 5) is 12.7. The lowest BCUT2D eigenvalue weighted by atomic mass is 9.95. The Kier molecular flexibility index (Phi) is 5.55. The lowest BCUT2D eigenvalue weighted by Gasteiger charge is -2.28. The van der Waals surface area contributed by atoms with Crippen LogP contribution in [0.5, 0.6) is 5.75 Å². The van der Waals surface area contributed by atoms with Crippen molar-refractivity contribution in [1.82, 2.24) is 20.2 Å².